The van der Waals surface area contributed by atoms with Crippen molar-refractivity contribution in [3.63, 3.8) is 0 Å². The molecule has 1 rings (SSSR count). The molecular weight excluding hydrogens is 154 g/mol. The second kappa shape index (κ2) is 3.93. The van der Waals surface area contributed by atoms with Crippen LogP contribution in [0.1, 0.15) is 11.5 Å². The van der Waals surface area contributed by atoms with E-state index in [1.807, 2.05) is 25.1 Å². The Hall–Kier alpha value is -1.27. The topological polar surface area (TPSA) is 57.2 Å². The Morgan fingerprint density at radius 3 is 2.83 bits per heavy atom. The Kier molecular flexibility index (Phi) is 2.89. The summed E-state index contributed by atoms with van der Waals surface area (Å²) in [5.41, 5.74) is 0. The Bertz CT molecular complexity index is 285. The molecule has 3 nitrogen and oxygen atoms in total. The van der Waals surface area contributed by atoms with Gasteiger partial charge in [-0.2, -0.15) is 5.26 Å². The van der Waals surface area contributed by atoms with Crippen LogP contribution in [-0.2, 0) is 6.42 Å². The van der Waals surface area contributed by atoms with Gasteiger partial charge in [0.15, 0.2) is 0 Å². The lowest BCUT2D eigenvalue weighted by atomic mass is 10.1. The SMILES string of the molecule is Cc1ccc(C[C@@H](C#N)CO)o1. The van der Waals surface area contributed by atoms with E-state index in [1.165, 1.54) is 0 Å². The van der Waals surface area contributed by atoms with E-state index in [9.17, 15) is 0 Å². The van der Waals surface area contributed by atoms with Gasteiger partial charge >= 0.3 is 0 Å². The molecule has 0 saturated carbocycles. The molecule has 64 valence electrons. The molecule has 0 aliphatic heterocycles. The van der Waals surface area contributed by atoms with Crippen LogP contribution in [0.5, 0.6) is 0 Å². The predicted molar refractivity (Wildman–Crippen MR) is 43.3 cm³/mol. The first-order valence-corrected chi connectivity index (χ1v) is 3.82. The highest BCUT2D eigenvalue weighted by atomic mass is 16.3. The van der Waals surface area contributed by atoms with Gasteiger partial charge < -0.3 is 9.52 Å². The van der Waals surface area contributed by atoms with Gasteiger partial charge in [-0.25, -0.2) is 0 Å². The molecule has 0 aromatic carbocycles. The Morgan fingerprint density at radius 2 is 2.42 bits per heavy atom. The highest BCUT2D eigenvalue weighted by Crippen LogP contribution is 2.11. The molecule has 0 aliphatic carbocycles. The molecule has 0 fully saturated rings. The van der Waals surface area contributed by atoms with E-state index in [1.54, 1.807) is 0 Å². The molecule has 1 aromatic heterocycles. The van der Waals surface area contributed by atoms with Crippen molar-refractivity contribution < 1.29 is 9.52 Å². The van der Waals surface area contributed by atoms with Gasteiger partial charge in [0.1, 0.15) is 11.5 Å². The van der Waals surface area contributed by atoms with Gasteiger partial charge in [0.2, 0.25) is 0 Å². The van der Waals surface area contributed by atoms with Crippen LogP contribution < -0.4 is 0 Å². The summed E-state index contributed by atoms with van der Waals surface area (Å²) in [6.45, 7) is 1.74. The first-order chi connectivity index (χ1) is 5.76. The third-order valence-electron chi connectivity index (χ3n) is 1.65. The minimum atomic E-state index is -0.351. The standard InChI is InChI=1S/C9H11NO2/c1-7-2-3-9(12-7)4-8(5-10)6-11/h2-3,8,11H,4,6H2,1H3/t8-/m0/s1. The molecular formula is C9H11NO2. The summed E-state index contributed by atoms with van der Waals surface area (Å²) in [4.78, 5) is 0. The Labute approximate surface area is 71.2 Å². The van der Waals surface area contributed by atoms with Crippen LogP contribution >= 0.6 is 0 Å². The van der Waals surface area contributed by atoms with Gasteiger partial charge in [0, 0.05) is 6.42 Å². The fourth-order valence-corrected chi connectivity index (χ4v) is 0.989. The summed E-state index contributed by atoms with van der Waals surface area (Å²) in [6.07, 6.45) is 0.487. The number of nitrogens with zero attached hydrogens (tertiary/aromatic N) is 1. The molecule has 12 heavy (non-hydrogen) atoms. The van der Waals surface area contributed by atoms with Crippen molar-refractivity contribution in [2.75, 3.05) is 6.61 Å². The van der Waals surface area contributed by atoms with E-state index in [0.29, 0.717) is 6.42 Å². The smallest absolute Gasteiger partial charge is 0.105 e. The average molecular weight is 165 g/mol. The zero-order valence-corrected chi connectivity index (χ0v) is 6.95. The molecule has 1 aromatic rings. The number of nitriles is 1. The van der Waals surface area contributed by atoms with Crippen LogP contribution in [0.3, 0.4) is 0 Å². The second-order valence-electron chi connectivity index (χ2n) is 2.73. The molecule has 0 saturated heterocycles. The average Bonchev–Trinajstić information content (AvgIpc) is 2.47. The number of rotatable bonds is 3. The molecule has 3 heteroatoms. The number of aryl methyl sites for hydroxylation is 1. The summed E-state index contributed by atoms with van der Waals surface area (Å²) in [5, 5.41) is 17.3. The molecule has 0 bridgehead atoms. The van der Waals surface area contributed by atoms with Crippen molar-refractivity contribution >= 4 is 0 Å². The monoisotopic (exact) mass is 165 g/mol. The van der Waals surface area contributed by atoms with Crippen LogP contribution in [0.25, 0.3) is 0 Å². The normalized spacial score (nSPS) is 12.4. The van der Waals surface area contributed by atoms with Gasteiger partial charge in [0.25, 0.3) is 0 Å². The van der Waals surface area contributed by atoms with Gasteiger partial charge in [-0.1, -0.05) is 0 Å². The fourth-order valence-electron chi connectivity index (χ4n) is 0.989. The van der Waals surface area contributed by atoms with E-state index in [-0.39, 0.29) is 12.5 Å². The zero-order valence-electron chi connectivity index (χ0n) is 6.95. The number of aliphatic hydroxyl groups is 1. The number of aliphatic hydroxyl groups excluding tert-OH is 1. The van der Waals surface area contributed by atoms with Crippen molar-refractivity contribution in [1.82, 2.24) is 0 Å². The molecule has 0 radical (unpaired) electrons. The maximum Gasteiger partial charge on any atom is 0.105 e. The highest BCUT2D eigenvalue weighted by Gasteiger charge is 2.08. The molecule has 0 spiro atoms. The maximum absolute atomic E-state index is 8.73. The molecule has 1 atom stereocenters. The third kappa shape index (κ3) is 2.11. The lowest BCUT2D eigenvalue weighted by molar-refractivity contribution is 0.249. The number of hydrogen-bond acceptors (Lipinski definition) is 3. The number of furan rings is 1. The largest absolute Gasteiger partial charge is 0.466 e. The van der Waals surface area contributed by atoms with Crippen LogP contribution in [0.2, 0.25) is 0 Å². The van der Waals surface area contributed by atoms with Crippen LogP contribution in [-0.4, -0.2) is 11.7 Å². The van der Waals surface area contributed by atoms with Crippen LogP contribution in [0.4, 0.5) is 0 Å². The van der Waals surface area contributed by atoms with E-state index < -0.39 is 0 Å². The lowest BCUT2D eigenvalue weighted by Crippen LogP contribution is -2.05. The maximum atomic E-state index is 8.73. The lowest BCUT2D eigenvalue weighted by Gasteiger charge is -2.00. The molecule has 1 N–H and O–H groups in total. The van der Waals surface area contributed by atoms with Crippen molar-refractivity contribution in [2.45, 2.75) is 13.3 Å². The summed E-state index contributed by atoms with van der Waals surface area (Å²) < 4.78 is 5.26. The van der Waals surface area contributed by atoms with Crippen molar-refractivity contribution in [1.29, 1.82) is 5.26 Å². The quantitative estimate of drug-likeness (QED) is 0.733. The second-order valence-corrected chi connectivity index (χ2v) is 2.73. The van der Waals surface area contributed by atoms with E-state index in [4.69, 9.17) is 14.8 Å². The minimum Gasteiger partial charge on any atom is -0.466 e. The molecule has 0 unspecified atom stereocenters. The number of hydrogen-bond donors (Lipinski definition) is 1. The van der Waals surface area contributed by atoms with Gasteiger partial charge in [0.05, 0.1) is 18.6 Å². The first kappa shape index (κ1) is 8.82. The van der Waals surface area contributed by atoms with Crippen molar-refractivity contribution in [3.8, 4) is 6.07 Å². The van der Waals surface area contributed by atoms with E-state index in [2.05, 4.69) is 0 Å². The zero-order chi connectivity index (χ0) is 8.97. The van der Waals surface area contributed by atoms with Crippen LogP contribution in [0.15, 0.2) is 16.5 Å². The fraction of sp³-hybridized carbons (Fsp3) is 0.444. The molecule has 0 amide bonds. The van der Waals surface area contributed by atoms with Crippen molar-refractivity contribution in [2.24, 2.45) is 5.92 Å². The highest BCUT2D eigenvalue weighted by molar-refractivity contribution is 5.07. The van der Waals surface area contributed by atoms with Gasteiger partial charge in [-0.15, -0.1) is 0 Å². The van der Waals surface area contributed by atoms with Crippen molar-refractivity contribution in [3.05, 3.63) is 23.7 Å². The summed E-state index contributed by atoms with van der Waals surface area (Å²) >= 11 is 0. The third-order valence-corrected chi connectivity index (χ3v) is 1.65. The van der Waals surface area contributed by atoms with E-state index >= 15 is 0 Å². The summed E-state index contributed by atoms with van der Waals surface area (Å²) in [6, 6.07) is 5.68. The summed E-state index contributed by atoms with van der Waals surface area (Å²) in [7, 11) is 0. The first-order valence-electron chi connectivity index (χ1n) is 3.82. The van der Waals surface area contributed by atoms with Gasteiger partial charge in [-0.3, -0.25) is 0 Å². The van der Waals surface area contributed by atoms with Gasteiger partial charge in [-0.05, 0) is 19.1 Å². The summed E-state index contributed by atoms with van der Waals surface area (Å²) in [5.74, 6) is 1.24. The van der Waals surface area contributed by atoms with E-state index in [0.717, 1.165) is 11.5 Å². The Balaban J connectivity index is 2.58. The Morgan fingerprint density at radius 1 is 1.67 bits per heavy atom. The van der Waals surface area contributed by atoms with Crippen LogP contribution in [0, 0.1) is 24.2 Å². The molecule has 1 heterocycles. The predicted octanol–water partition coefficient (Wildman–Crippen LogP) is 1.26. The minimum absolute atomic E-state index is 0.115. The molecule has 0 aliphatic rings.